The molecule has 0 aromatic rings. The van der Waals surface area contributed by atoms with Crippen molar-refractivity contribution in [1.29, 1.82) is 0 Å². The van der Waals surface area contributed by atoms with Gasteiger partial charge in [-0.05, 0) is 19.3 Å². The third-order valence-electron chi connectivity index (χ3n) is 9.27. The Morgan fingerprint density at radius 1 is 0.523 bits per heavy atom. The fourth-order valence-electron chi connectivity index (χ4n) is 6.18. The van der Waals surface area contributed by atoms with Gasteiger partial charge in [0.05, 0.1) is 18.8 Å². The van der Waals surface area contributed by atoms with Crippen LogP contribution in [0.2, 0.25) is 0 Å². The maximum absolute atomic E-state index is 12.3. The number of hydrogen-bond acceptors (Lipinski definition) is 3. The average Bonchev–Trinajstić information content (AvgIpc) is 3.03. The van der Waals surface area contributed by atoms with Gasteiger partial charge in [0.15, 0.2) is 0 Å². The highest BCUT2D eigenvalue weighted by atomic mass is 16.3. The van der Waals surface area contributed by atoms with E-state index in [1.54, 1.807) is 6.08 Å². The number of carbonyl (C=O) groups excluding carboxylic acids is 1. The molecule has 1 amide bonds. The highest BCUT2D eigenvalue weighted by Crippen LogP contribution is 2.15. The summed E-state index contributed by atoms with van der Waals surface area (Å²) in [4.78, 5) is 12.3. The van der Waals surface area contributed by atoms with Crippen LogP contribution < -0.4 is 5.32 Å². The second kappa shape index (κ2) is 36.6. The molecule has 4 nitrogen and oxygen atoms in total. The van der Waals surface area contributed by atoms with Crippen LogP contribution in [0.25, 0.3) is 0 Å². The van der Waals surface area contributed by atoms with Gasteiger partial charge in [-0.1, -0.05) is 206 Å². The van der Waals surface area contributed by atoms with Gasteiger partial charge in [0.1, 0.15) is 0 Å². The zero-order valence-corrected chi connectivity index (χ0v) is 29.9. The van der Waals surface area contributed by atoms with E-state index < -0.39 is 12.1 Å². The number of amides is 1. The van der Waals surface area contributed by atoms with Crippen LogP contribution in [-0.2, 0) is 4.79 Å². The second-order valence-corrected chi connectivity index (χ2v) is 13.7. The highest BCUT2D eigenvalue weighted by Gasteiger charge is 2.17. The van der Waals surface area contributed by atoms with Crippen molar-refractivity contribution in [2.24, 2.45) is 0 Å². The first-order chi connectivity index (χ1) is 21.7. The fourth-order valence-corrected chi connectivity index (χ4v) is 6.18. The number of aliphatic hydroxyl groups excluding tert-OH is 2. The molecule has 0 spiro atoms. The molecule has 0 heterocycles. The van der Waals surface area contributed by atoms with Crippen molar-refractivity contribution in [3.63, 3.8) is 0 Å². The predicted molar refractivity (Wildman–Crippen MR) is 193 cm³/mol. The van der Waals surface area contributed by atoms with E-state index in [0.717, 1.165) is 25.7 Å². The predicted octanol–water partition coefficient (Wildman–Crippen LogP) is 11.9. The minimum atomic E-state index is -0.832. The summed E-state index contributed by atoms with van der Waals surface area (Å²) in [6, 6.07) is -0.614. The first-order valence-electron chi connectivity index (χ1n) is 19.9. The van der Waals surface area contributed by atoms with Crippen LogP contribution in [0, 0.1) is 0 Å². The van der Waals surface area contributed by atoms with Gasteiger partial charge in [0.25, 0.3) is 0 Å². The van der Waals surface area contributed by atoms with Crippen molar-refractivity contribution in [1.82, 2.24) is 5.32 Å². The van der Waals surface area contributed by atoms with Crippen molar-refractivity contribution in [2.75, 3.05) is 6.61 Å². The molecule has 0 saturated carbocycles. The van der Waals surface area contributed by atoms with Gasteiger partial charge in [0.2, 0.25) is 5.91 Å². The third kappa shape index (κ3) is 32.5. The summed E-state index contributed by atoms with van der Waals surface area (Å²) >= 11 is 0. The lowest BCUT2D eigenvalue weighted by atomic mass is 10.0. The molecule has 0 radical (unpaired) electrons. The zero-order valence-electron chi connectivity index (χ0n) is 29.9. The average molecular weight is 622 g/mol. The summed E-state index contributed by atoms with van der Waals surface area (Å²) in [5.41, 5.74) is 0. The number of hydrogen-bond donors (Lipinski definition) is 3. The number of aliphatic hydroxyl groups is 2. The molecule has 2 atom stereocenters. The second-order valence-electron chi connectivity index (χ2n) is 13.7. The quantitative estimate of drug-likeness (QED) is 0.0481. The smallest absolute Gasteiger partial charge is 0.220 e. The lowest BCUT2D eigenvalue weighted by Crippen LogP contribution is -2.45. The van der Waals surface area contributed by atoms with Crippen LogP contribution in [0.3, 0.4) is 0 Å². The molecular formula is C40H79NO3. The number of allylic oxidation sites excluding steroid dienone is 1. The summed E-state index contributed by atoms with van der Waals surface area (Å²) in [6.45, 7) is 4.31. The van der Waals surface area contributed by atoms with E-state index in [2.05, 4.69) is 19.2 Å². The van der Waals surface area contributed by atoms with Crippen LogP contribution in [-0.4, -0.2) is 34.9 Å². The third-order valence-corrected chi connectivity index (χ3v) is 9.27. The van der Waals surface area contributed by atoms with Crippen LogP contribution in [0.15, 0.2) is 12.2 Å². The Labute approximate surface area is 276 Å². The van der Waals surface area contributed by atoms with Crippen LogP contribution in [0.5, 0.6) is 0 Å². The number of carbonyl (C=O) groups is 1. The number of unbranched alkanes of at least 4 members (excludes halogenated alkanes) is 29. The van der Waals surface area contributed by atoms with Crippen molar-refractivity contribution in [3.05, 3.63) is 12.2 Å². The molecule has 4 heteroatoms. The van der Waals surface area contributed by atoms with Gasteiger partial charge in [-0.25, -0.2) is 0 Å². The van der Waals surface area contributed by atoms with Crippen molar-refractivity contribution in [3.8, 4) is 0 Å². The molecule has 0 unspecified atom stereocenters. The van der Waals surface area contributed by atoms with Gasteiger partial charge in [-0.2, -0.15) is 0 Å². The SMILES string of the molecule is CCCCCCCCCCCC/C=C/[C@@H](O)[C@H](CO)NC(=O)CCCCCCCCCCCCCCCCCCCCCC. The Morgan fingerprint density at radius 3 is 1.18 bits per heavy atom. The minimum absolute atomic E-state index is 0.0615. The van der Waals surface area contributed by atoms with Crippen molar-refractivity contribution in [2.45, 2.75) is 231 Å². The van der Waals surface area contributed by atoms with E-state index in [-0.39, 0.29) is 12.5 Å². The molecule has 0 bridgehead atoms. The Morgan fingerprint density at radius 2 is 0.841 bits per heavy atom. The summed E-state index contributed by atoms with van der Waals surface area (Å²) in [5, 5.41) is 22.9. The molecule has 0 aromatic carbocycles. The summed E-state index contributed by atoms with van der Waals surface area (Å²) in [6.07, 6.45) is 44.5. The van der Waals surface area contributed by atoms with Gasteiger partial charge < -0.3 is 15.5 Å². The molecular weight excluding hydrogens is 542 g/mol. The summed E-state index contributed by atoms with van der Waals surface area (Å²) in [5.74, 6) is -0.0615. The molecule has 0 fully saturated rings. The van der Waals surface area contributed by atoms with E-state index in [4.69, 9.17) is 0 Å². The van der Waals surface area contributed by atoms with Crippen LogP contribution >= 0.6 is 0 Å². The van der Waals surface area contributed by atoms with E-state index in [1.165, 1.54) is 173 Å². The zero-order chi connectivity index (χ0) is 32.2. The summed E-state index contributed by atoms with van der Waals surface area (Å²) in [7, 11) is 0. The van der Waals surface area contributed by atoms with Crippen molar-refractivity contribution >= 4 is 5.91 Å². The van der Waals surface area contributed by atoms with Gasteiger partial charge >= 0.3 is 0 Å². The Hall–Kier alpha value is -0.870. The fraction of sp³-hybridized carbons (Fsp3) is 0.925. The molecule has 3 N–H and O–H groups in total. The normalized spacial score (nSPS) is 13.1. The molecule has 0 aromatic heterocycles. The van der Waals surface area contributed by atoms with E-state index in [9.17, 15) is 15.0 Å². The van der Waals surface area contributed by atoms with Gasteiger partial charge in [-0.3, -0.25) is 4.79 Å². The molecule has 262 valence electrons. The molecule has 0 aliphatic rings. The Kier molecular flexibility index (Phi) is 35.9. The highest BCUT2D eigenvalue weighted by molar-refractivity contribution is 5.76. The van der Waals surface area contributed by atoms with E-state index >= 15 is 0 Å². The Balaban J connectivity index is 3.52. The number of nitrogens with one attached hydrogen (secondary N) is 1. The van der Waals surface area contributed by atoms with E-state index in [1.807, 2.05) is 6.08 Å². The first-order valence-corrected chi connectivity index (χ1v) is 19.9. The topological polar surface area (TPSA) is 69.6 Å². The maximum Gasteiger partial charge on any atom is 0.220 e. The maximum atomic E-state index is 12.3. The number of rotatable bonds is 36. The minimum Gasteiger partial charge on any atom is -0.394 e. The lowest BCUT2D eigenvalue weighted by molar-refractivity contribution is -0.123. The molecule has 44 heavy (non-hydrogen) atoms. The largest absolute Gasteiger partial charge is 0.394 e. The molecule has 0 rings (SSSR count). The molecule has 0 aliphatic carbocycles. The van der Waals surface area contributed by atoms with Crippen LogP contribution in [0.4, 0.5) is 0 Å². The standard InChI is InChI=1S/C40H79NO3/c1-3-5-7-9-11-13-15-17-18-19-20-21-22-23-24-26-28-30-32-34-36-40(44)41-38(37-42)39(43)35-33-31-29-27-25-16-14-12-10-8-6-4-2/h33,35,38-39,42-43H,3-32,34,36-37H2,1-2H3,(H,41,44)/b35-33+/t38-,39+/m0/s1. The molecule has 0 aliphatic heterocycles. The Bertz CT molecular complexity index is 593. The van der Waals surface area contributed by atoms with Gasteiger partial charge in [-0.15, -0.1) is 0 Å². The first kappa shape index (κ1) is 43.1. The van der Waals surface area contributed by atoms with Crippen LogP contribution in [0.1, 0.15) is 219 Å². The van der Waals surface area contributed by atoms with Gasteiger partial charge in [0, 0.05) is 6.42 Å². The monoisotopic (exact) mass is 622 g/mol. The lowest BCUT2D eigenvalue weighted by Gasteiger charge is -2.20. The molecule has 0 saturated heterocycles. The summed E-state index contributed by atoms with van der Waals surface area (Å²) < 4.78 is 0. The van der Waals surface area contributed by atoms with E-state index in [0.29, 0.717) is 6.42 Å². The van der Waals surface area contributed by atoms with Crippen molar-refractivity contribution < 1.29 is 15.0 Å².